The molecule has 2 rings (SSSR count). The van der Waals surface area contributed by atoms with Crippen molar-refractivity contribution in [1.82, 2.24) is 0 Å². The molecule has 2 aromatic carbocycles. The molecule has 19 heavy (non-hydrogen) atoms. The average Bonchev–Trinajstić information content (AvgIpc) is 2.47. The Hall–Kier alpha value is -1.84. The molecule has 1 atom stereocenters. The van der Waals surface area contributed by atoms with E-state index >= 15 is 0 Å². The topological polar surface area (TPSA) is 49.3 Å². The van der Waals surface area contributed by atoms with E-state index < -0.39 is 5.38 Å². The lowest BCUT2D eigenvalue weighted by Crippen LogP contribution is -2.17. The van der Waals surface area contributed by atoms with Gasteiger partial charge in [0.1, 0.15) is 5.38 Å². The van der Waals surface area contributed by atoms with Crippen LogP contribution in [-0.4, -0.2) is 11.0 Å². The molecule has 0 heterocycles. The first-order chi connectivity index (χ1) is 9.20. The van der Waals surface area contributed by atoms with Gasteiger partial charge in [0.25, 0.3) is 0 Å². The van der Waals surface area contributed by atoms with Crippen LogP contribution >= 0.6 is 11.6 Å². The summed E-state index contributed by atoms with van der Waals surface area (Å²) in [5, 5.41) is 11.0. The maximum absolute atomic E-state index is 12.0. The van der Waals surface area contributed by atoms with Crippen LogP contribution < -0.4 is 5.32 Å². The fraction of sp³-hybridized carbons (Fsp3) is 0.133. The zero-order chi connectivity index (χ0) is 13.7. The maximum Gasteiger partial charge on any atom is 0.246 e. The Bertz CT molecular complexity index is 557. The van der Waals surface area contributed by atoms with Gasteiger partial charge in [-0.05, 0) is 23.3 Å². The highest BCUT2D eigenvalue weighted by molar-refractivity contribution is 6.32. The molecule has 0 saturated heterocycles. The van der Waals surface area contributed by atoms with E-state index in [9.17, 15) is 4.79 Å². The monoisotopic (exact) mass is 275 g/mol. The second-order valence-electron chi connectivity index (χ2n) is 4.12. The minimum Gasteiger partial charge on any atom is -0.392 e. The van der Waals surface area contributed by atoms with Gasteiger partial charge < -0.3 is 10.4 Å². The molecule has 3 nitrogen and oxygen atoms in total. The molecule has 98 valence electrons. The van der Waals surface area contributed by atoms with Gasteiger partial charge in [0.05, 0.1) is 6.61 Å². The zero-order valence-corrected chi connectivity index (χ0v) is 11.0. The normalized spacial score (nSPS) is 11.9. The number of alkyl halides is 1. The molecule has 0 aliphatic carbocycles. The minimum atomic E-state index is -0.737. The first kappa shape index (κ1) is 13.6. The van der Waals surface area contributed by atoms with E-state index in [0.29, 0.717) is 5.69 Å². The molecule has 0 spiro atoms. The van der Waals surface area contributed by atoms with Gasteiger partial charge in [-0.2, -0.15) is 0 Å². The van der Waals surface area contributed by atoms with E-state index in [1.807, 2.05) is 18.2 Å². The number of hydrogen-bond donors (Lipinski definition) is 2. The van der Waals surface area contributed by atoms with E-state index in [1.165, 1.54) is 0 Å². The van der Waals surface area contributed by atoms with Crippen LogP contribution in [0, 0.1) is 0 Å². The van der Waals surface area contributed by atoms with Crippen molar-refractivity contribution in [2.24, 2.45) is 0 Å². The second-order valence-corrected chi connectivity index (χ2v) is 4.56. The van der Waals surface area contributed by atoms with Gasteiger partial charge in [0.2, 0.25) is 5.91 Å². The van der Waals surface area contributed by atoms with Gasteiger partial charge in [0.15, 0.2) is 0 Å². The molecular weight excluding hydrogens is 262 g/mol. The third-order valence-corrected chi connectivity index (χ3v) is 3.15. The van der Waals surface area contributed by atoms with E-state index in [0.717, 1.165) is 11.1 Å². The Labute approximate surface area is 116 Å². The van der Waals surface area contributed by atoms with Gasteiger partial charge in [-0.3, -0.25) is 4.79 Å². The summed E-state index contributed by atoms with van der Waals surface area (Å²) in [7, 11) is 0. The van der Waals surface area contributed by atoms with Gasteiger partial charge >= 0.3 is 0 Å². The summed E-state index contributed by atoms with van der Waals surface area (Å²) < 4.78 is 0. The number of rotatable bonds is 4. The summed E-state index contributed by atoms with van der Waals surface area (Å²) in [6.45, 7) is -0.0628. The van der Waals surface area contributed by atoms with Crippen LogP contribution in [0.3, 0.4) is 0 Å². The number of anilines is 1. The van der Waals surface area contributed by atoms with E-state index in [2.05, 4.69) is 5.32 Å². The fourth-order valence-electron chi connectivity index (χ4n) is 1.73. The zero-order valence-electron chi connectivity index (χ0n) is 10.2. The maximum atomic E-state index is 12.0. The predicted molar refractivity (Wildman–Crippen MR) is 76.0 cm³/mol. The lowest BCUT2D eigenvalue weighted by atomic mass is 10.1. The predicted octanol–water partition coefficient (Wildman–Crippen LogP) is 3.10. The Morgan fingerprint density at radius 3 is 2.58 bits per heavy atom. The van der Waals surface area contributed by atoms with Crippen molar-refractivity contribution < 1.29 is 9.90 Å². The van der Waals surface area contributed by atoms with E-state index in [4.69, 9.17) is 16.7 Å². The molecular formula is C15H14ClNO2. The van der Waals surface area contributed by atoms with Crippen LogP contribution in [0.4, 0.5) is 5.69 Å². The van der Waals surface area contributed by atoms with Crippen molar-refractivity contribution >= 4 is 23.2 Å². The van der Waals surface area contributed by atoms with Crippen molar-refractivity contribution in [2.45, 2.75) is 12.0 Å². The summed E-state index contributed by atoms with van der Waals surface area (Å²) in [6, 6.07) is 16.2. The third-order valence-electron chi connectivity index (χ3n) is 2.70. The summed E-state index contributed by atoms with van der Waals surface area (Å²) in [5.74, 6) is -0.289. The van der Waals surface area contributed by atoms with Crippen LogP contribution in [0.5, 0.6) is 0 Å². The molecule has 0 bridgehead atoms. The Morgan fingerprint density at radius 2 is 1.89 bits per heavy atom. The first-order valence-electron chi connectivity index (χ1n) is 5.90. The highest BCUT2D eigenvalue weighted by atomic mass is 35.5. The van der Waals surface area contributed by atoms with Crippen LogP contribution in [0.2, 0.25) is 0 Å². The van der Waals surface area contributed by atoms with Crippen LogP contribution in [-0.2, 0) is 11.4 Å². The number of aliphatic hydroxyl groups is 1. The van der Waals surface area contributed by atoms with Crippen molar-refractivity contribution in [3.05, 3.63) is 65.7 Å². The summed E-state index contributed by atoms with van der Waals surface area (Å²) in [4.78, 5) is 12.0. The highest BCUT2D eigenvalue weighted by Crippen LogP contribution is 2.22. The highest BCUT2D eigenvalue weighted by Gasteiger charge is 2.17. The van der Waals surface area contributed by atoms with Crippen molar-refractivity contribution in [3.63, 3.8) is 0 Å². The second kappa shape index (κ2) is 6.36. The molecule has 2 N–H and O–H groups in total. The molecule has 0 aliphatic rings. The lowest BCUT2D eigenvalue weighted by Gasteiger charge is -2.11. The molecule has 1 unspecified atom stereocenters. The van der Waals surface area contributed by atoms with Crippen LogP contribution in [0.1, 0.15) is 16.5 Å². The largest absolute Gasteiger partial charge is 0.392 e. The Balaban J connectivity index is 2.08. The summed E-state index contributed by atoms with van der Waals surface area (Å²) >= 11 is 6.12. The van der Waals surface area contributed by atoms with Crippen molar-refractivity contribution in [2.75, 3.05) is 5.32 Å². The van der Waals surface area contributed by atoms with E-state index in [-0.39, 0.29) is 12.5 Å². The summed E-state index contributed by atoms with van der Waals surface area (Å²) in [5.41, 5.74) is 2.11. The van der Waals surface area contributed by atoms with Gasteiger partial charge in [-0.1, -0.05) is 42.5 Å². The van der Waals surface area contributed by atoms with E-state index in [1.54, 1.807) is 36.4 Å². The van der Waals surface area contributed by atoms with Crippen LogP contribution in [0.25, 0.3) is 0 Å². The quantitative estimate of drug-likeness (QED) is 0.843. The SMILES string of the molecule is O=C(Nc1cccc(CO)c1)C(Cl)c1ccccc1. The number of benzene rings is 2. The number of carbonyl (C=O) groups is 1. The average molecular weight is 276 g/mol. The number of nitrogens with one attached hydrogen (secondary N) is 1. The van der Waals surface area contributed by atoms with Gasteiger partial charge in [-0.25, -0.2) is 0 Å². The number of carbonyl (C=O) groups excluding carboxylic acids is 1. The molecule has 0 aromatic heterocycles. The van der Waals surface area contributed by atoms with Gasteiger partial charge in [0, 0.05) is 5.69 Å². The van der Waals surface area contributed by atoms with Crippen LogP contribution in [0.15, 0.2) is 54.6 Å². The van der Waals surface area contributed by atoms with Crippen molar-refractivity contribution in [3.8, 4) is 0 Å². The molecule has 0 radical (unpaired) electrons. The third kappa shape index (κ3) is 3.56. The lowest BCUT2D eigenvalue weighted by molar-refractivity contribution is -0.116. The van der Waals surface area contributed by atoms with Gasteiger partial charge in [-0.15, -0.1) is 11.6 Å². The molecule has 0 aliphatic heterocycles. The Kier molecular flexibility index (Phi) is 4.55. The fourth-order valence-corrected chi connectivity index (χ4v) is 1.93. The molecule has 4 heteroatoms. The standard InChI is InChI=1S/C15H14ClNO2/c16-14(12-6-2-1-3-7-12)15(19)17-13-8-4-5-11(9-13)10-18/h1-9,14,18H,10H2,(H,17,19). The summed E-state index contributed by atoms with van der Waals surface area (Å²) in [6.07, 6.45) is 0. The number of aliphatic hydroxyl groups excluding tert-OH is 1. The molecule has 1 amide bonds. The molecule has 0 saturated carbocycles. The minimum absolute atomic E-state index is 0.0628. The molecule has 0 fully saturated rings. The first-order valence-corrected chi connectivity index (χ1v) is 6.34. The number of amides is 1. The van der Waals surface area contributed by atoms with Crippen molar-refractivity contribution in [1.29, 1.82) is 0 Å². The number of hydrogen-bond acceptors (Lipinski definition) is 2. The Morgan fingerprint density at radius 1 is 1.16 bits per heavy atom. The molecule has 2 aromatic rings. The number of halogens is 1. The smallest absolute Gasteiger partial charge is 0.246 e.